The molecule has 72 valence electrons. The summed E-state index contributed by atoms with van der Waals surface area (Å²) >= 11 is 0. The summed E-state index contributed by atoms with van der Waals surface area (Å²) in [5.41, 5.74) is 2.74. The monoisotopic (exact) mass is 178 g/mol. The summed E-state index contributed by atoms with van der Waals surface area (Å²) in [6.45, 7) is 7.25. The Morgan fingerprint density at radius 3 is 2.62 bits per heavy atom. The molecule has 0 saturated carbocycles. The highest BCUT2D eigenvalue weighted by Gasteiger charge is 1.98. The lowest BCUT2D eigenvalue weighted by atomic mass is 10.1. The van der Waals surface area contributed by atoms with Crippen LogP contribution >= 0.6 is 0 Å². The van der Waals surface area contributed by atoms with Gasteiger partial charge in [-0.15, -0.1) is 0 Å². The molecule has 1 nitrogen and oxygen atoms in total. The number of hydrogen-bond acceptors (Lipinski definition) is 1. The summed E-state index contributed by atoms with van der Waals surface area (Å²) < 4.78 is 5.55. The van der Waals surface area contributed by atoms with E-state index < -0.39 is 0 Å². The first-order valence-corrected chi connectivity index (χ1v) is 5.00. The number of rotatable bonds is 4. The van der Waals surface area contributed by atoms with Crippen LogP contribution in [0.25, 0.3) is 0 Å². The molecule has 0 amide bonds. The van der Waals surface area contributed by atoms with Crippen molar-refractivity contribution >= 4 is 0 Å². The second kappa shape index (κ2) is 4.90. The number of benzene rings is 1. The maximum Gasteiger partial charge on any atom is 0.119 e. The topological polar surface area (TPSA) is 9.23 Å². The Bertz CT molecular complexity index is 266. The molecule has 0 atom stereocenters. The highest BCUT2D eigenvalue weighted by molar-refractivity contribution is 5.34. The standard InChI is InChI=1S/C12H18O/c1-4-8-13-12-7-6-10(3)11(5-2)9-12/h6-7,9H,4-5,8H2,1-3H3. The van der Waals surface area contributed by atoms with Gasteiger partial charge < -0.3 is 4.74 Å². The van der Waals surface area contributed by atoms with E-state index in [1.54, 1.807) is 0 Å². The van der Waals surface area contributed by atoms with Crippen LogP contribution in [-0.4, -0.2) is 6.61 Å². The lowest BCUT2D eigenvalue weighted by Crippen LogP contribution is -1.96. The molecule has 1 rings (SSSR count). The van der Waals surface area contributed by atoms with E-state index in [2.05, 4.69) is 32.9 Å². The Hall–Kier alpha value is -0.980. The van der Waals surface area contributed by atoms with E-state index in [-0.39, 0.29) is 0 Å². The minimum absolute atomic E-state index is 0.812. The third-order valence-corrected chi connectivity index (χ3v) is 2.17. The van der Waals surface area contributed by atoms with Gasteiger partial charge in [-0.05, 0) is 43.0 Å². The minimum atomic E-state index is 0.812. The zero-order chi connectivity index (χ0) is 9.68. The average Bonchev–Trinajstić information content (AvgIpc) is 2.16. The van der Waals surface area contributed by atoms with Crippen LogP contribution in [-0.2, 0) is 6.42 Å². The average molecular weight is 178 g/mol. The summed E-state index contributed by atoms with van der Waals surface area (Å²) in [6.07, 6.45) is 2.14. The van der Waals surface area contributed by atoms with Gasteiger partial charge in [-0.25, -0.2) is 0 Å². The Morgan fingerprint density at radius 1 is 1.23 bits per heavy atom. The zero-order valence-corrected chi connectivity index (χ0v) is 8.76. The maximum absolute atomic E-state index is 5.55. The molecule has 1 aromatic carbocycles. The molecule has 1 aromatic rings. The van der Waals surface area contributed by atoms with Gasteiger partial charge in [0.2, 0.25) is 0 Å². The van der Waals surface area contributed by atoms with E-state index in [9.17, 15) is 0 Å². The van der Waals surface area contributed by atoms with E-state index in [0.717, 1.165) is 25.2 Å². The highest BCUT2D eigenvalue weighted by Crippen LogP contribution is 2.17. The van der Waals surface area contributed by atoms with Gasteiger partial charge >= 0.3 is 0 Å². The van der Waals surface area contributed by atoms with Gasteiger partial charge in [0, 0.05) is 0 Å². The molecule has 0 bridgehead atoms. The van der Waals surface area contributed by atoms with Gasteiger partial charge in [-0.2, -0.15) is 0 Å². The van der Waals surface area contributed by atoms with Crippen molar-refractivity contribution < 1.29 is 4.74 Å². The molecule has 0 aliphatic rings. The summed E-state index contributed by atoms with van der Waals surface area (Å²) in [5, 5.41) is 0. The van der Waals surface area contributed by atoms with Crippen LogP contribution in [0.4, 0.5) is 0 Å². The molecular weight excluding hydrogens is 160 g/mol. The SMILES string of the molecule is CCCOc1ccc(C)c(CC)c1. The van der Waals surface area contributed by atoms with Crippen molar-refractivity contribution in [3.8, 4) is 5.75 Å². The summed E-state index contributed by atoms with van der Waals surface area (Å²) in [4.78, 5) is 0. The minimum Gasteiger partial charge on any atom is -0.494 e. The second-order valence-electron chi connectivity index (χ2n) is 3.29. The van der Waals surface area contributed by atoms with Crippen LogP contribution in [0.2, 0.25) is 0 Å². The molecule has 0 aliphatic carbocycles. The van der Waals surface area contributed by atoms with Gasteiger partial charge in [0.25, 0.3) is 0 Å². The Morgan fingerprint density at radius 2 is 2.00 bits per heavy atom. The first kappa shape index (κ1) is 10.1. The largest absolute Gasteiger partial charge is 0.494 e. The smallest absolute Gasteiger partial charge is 0.119 e. The first-order valence-electron chi connectivity index (χ1n) is 5.00. The molecule has 0 heterocycles. The normalized spacial score (nSPS) is 10.1. The first-order chi connectivity index (χ1) is 6.27. The summed E-state index contributed by atoms with van der Waals surface area (Å²) in [5.74, 6) is 1.00. The fourth-order valence-corrected chi connectivity index (χ4v) is 1.34. The maximum atomic E-state index is 5.55. The van der Waals surface area contributed by atoms with Crippen molar-refractivity contribution in [2.24, 2.45) is 0 Å². The van der Waals surface area contributed by atoms with Gasteiger partial charge in [0.05, 0.1) is 6.61 Å². The second-order valence-corrected chi connectivity index (χ2v) is 3.29. The van der Waals surface area contributed by atoms with Crippen molar-refractivity contribution in [1.29, 1.82) is 0 Å². The van der Waals surface area contributed by atoms with Crippen molar-refractivity contribution in [2.75, 3.05) is 6.61 Å². The molecule has 1 heteroatoms. The fourth-order valence-electron chi connectivity index (χ4n) is 1.34. The molecule has 0 fully saturated rings. The molecule has 0 unspecified atom stereocenters. The lowest BCUT2D eigenvalue weighted by molar-refractivity contribution is 0.317. The van der Waals surface area contributed by atoms with E-state index >= 15 is 0 Å². The highest BCUT2D eigenvalue weighted by atomic mass is 16.5. The van der Waals surface area contributed by atoms with Crippen molar-refractivity contribution in [2.45, 2.75) is 33.6 Å². The predicted octanol–water partition coefficient (Wildman–Crippen LogP) is 3.35. The number of aryl methyl sites for hydroxylation is 2. The molecule has 13 heavy (non-hydrogen) atoms. The number of hydrogen-bond donors (Lipinski definition) is 0. The van der Waals surface area contributed by atoms with Crippen molar-refractivity contribution in [1.82, 2.24) is 0 Å². The summed E-state index contributed by atoms with van der Waals surface area (Å²) in [7, 11) is 0. The Kier molecular flexibility index (Phi) is 3.81. The van der Waals surface area contributed by atoms with E-state index in [4.69, 9.17) is 4.74 Å². The predicted molar refractivity (Wildman–Crippen MR) is 56.3 cm³/mol. The van der Waals surface area contributed by atoms with E-state index in [1.165, 1.54) is 11.1 Å². The van der Waals surface area contributed by atoms with Crippen LogP contribution in [0.1, 0.15) is 31.4 Å². The van der Waals surface area contributed by atoms with Gasteiger partial charge in [0.1, 0.15) is 5.75 Å². The van der Waals surface area contributed by atoms with Crippen LogP contribution in [0.3, 0.4) is 0 Å². The number of ether oxygens (including phenoxy) is 1. The lowest BCUT2D eigenvalue weighted by Gasteiger charge is -2.08. The van der Waals surface area contributed by atoms with Crippen molar-refractivity contribution in [3.63, 3.8) is 0 Å². The van der Waals surface area contributed by atoms with E-state index in [1.807, 2.05) is 6.07 Å². The molecular formula is C12H18O. The van der Waals surface area contributed by atoms with Crippen LogP contribution in [0.15, 0.2) is 18.2 Å². The molecule has 0 aliphatic heterocycles. The molecule has 0 spiro atoms. The van der Waals surface area contributed by atoms with E-state index in [0.29, 0.717) is 0 Å². The van der Waals surface area contributed by atoms with Gasteiger partial charge in [0.15, 0.2) is 0 Å². The third-order valence-electron chi connectivity index (χ3n) is 2.17. The van der Waals surface area contributed by atoms with Crippen LogP contribution < -0.4 is 4.74 Å². The molecule has 0 N–H and O–H groups in total. The fraction of sp³-hybridized carbons (Fsp3) is 0.500. The Labute approximate surface area is 80.7 Å². The van der Waals surface area contributed by atoms with Crippen molar-refractivity contribution in [3.05, 3.63) is 29.3 Å². The quantitative estimate of drug-likeness (QED) is 0.687. The molecule has 0 aromatic heterocycles. The van der Waals surface area contributed by atoms with Crippen LogP contribution in [0, 0.1) is 6.92 Å². The molecule has 0 saturated heterocycles. The molecule has 0 radical (unpaired) electrons. The van der Waals surface area contributed by atoms with Gasteiger partial charge in [-0.1, -0.05) is 19.9 Å². The summed E-state index contributed by atoms with van der Waals surface area (Å²) in [6, 6.07) is 6.32. The Balaban J connectivity index is 2.74. The van der Waals surface area contributed by atoms with Gasteiger partial charge in [-0.3, -0.25) is 0 Å². The van der Waals surface area contributed by atoms with Crippen LogP contribution in [0.5, 0.6) is 5.75 Å². The zero-order valence-electron chi connectivity index (χ0n) is 8.76. The third kappa shape index (κ3) is 2.76.